The molecule has 0 fully saturated rings. The molecule has 2 nitrogen and oxygen atoms in total. The normalized spacial score (nSPS) is 12.9. The van der Waals surface area contributed by atoms with E-state index in [1.54, 1.807) is 0 Å². The third-order valence-electron chi connectivity index (χ3n) is 1.96. The SMILES string of the molecule is CC(C)C(N=N)c1cccc(Br)c1. The fraction of sp³-hybridized carbons (Fsp3) is 0.400. The number of hydrogen-bond donors (Lipinski definition) is 1. The number of hydrogen-bond acceptors (Lipinski definition) is 2. The summed E-state index contributed by atoms with van der Waals surface area (Å²) in [6.45, 7) is 4.15. The van der Waals surface area contributed by atoms with Crippen LogP contribution in [0.25, 0.3) is 0 Å². The first-order valence-corrected chi connectivity index (χ1v) is 5.06. The molecule has 0 heterocycles. The van der Waals surface area contributed by atoms with E-state index in [-0.39, 0.29) is 6.04 Å². The van der Waals surface area contributed by atoms with Crippen LogP contribution in [-0.2, 0) is 0 Å². The van der Waals surface area contributed by atoms with E-state index in [0.717, 1.165) is 10.0 Å². The van der Waals surface area contributed by atoms with Crippen molar-refractivity contribution >= 4 is 15.9 Å². The van der Waals surface area contributed by atoms with E-state index < -0.39 is 0 Å². The first-order valence-electron chi connectivity index (χ1n) is 4.27. The molecule has 0 aliphatic rings. The smallest absolute Gasteiger partial charge is 0.0978 e. The third-order valence-corrected chi connectivity index (χ3v) is 2.45. The van der Waals surface area contributed by atoms with Crippen LogP contribution in [0.5, 0.6) is 0 Å². The van der Waals surface area contributed by atoms with E-state index in [0.29, 0.717) is 5.92 Å². The number of halogens is 1. The van der Waals surface area contributed by atoms with Crippen molar-refractivity contribution in [1.82, 2.24) is 0 Å². The first-order chi connectivity index (χ1) is 6.15. The zero-order chi connectivity index (χ0) is 9.84. The van der Waals surface area contributed by atoms with Crippen LogP contribution in [0.3, 0.4) is 0 Å². The highest BCUT2D eigenvalue weighted by Gasteiger charge is 2.14. The van der Waals surface area contributed by atoms with Crippen molar-refractivity contribution in [2.45, 2.75) is 19.9 Å². The Hall–Kier alpha value is -0.700. The zero-order valence-corrected chi connectivity index (χ0v) is 9.38. The Kier molecular flexibility index (Phi) is 3.60. The Labute approximate surface area is 87.0 Å². The van der Waals surface area contributed by atoms with Gasteiger partial charge >= 0.3 is 0 Å². The van der Waals surface area contributed by atoms with Crippen LogP contribution in [0.2, 0.25) is 0 Å². The van der Waals surface area contributed by atoms with Gasteiger partial charge in [-0.1, -0.05) is 41.9 Å². The van der Waals surface area contributed by atoms with Crippen LogP contribution in [0.1, 0.15) is 25.5 Å². The van der Waals surface area contributed by atoms with Crippen LogP contribution in [0, 0.1) is 11.4 Å². The Balaban J connectivity index is 2.98. The van der Waals surface area contributed by atoms with E-state index in [2.05, 4.69) is 34.9 Å². The minimum Gasteiger partial charge on any atom is -0.209 e. The van der Waals surface area contributed by atoms with Crippen molar-refractivity contribution in [3.05, 3.63) is 34.3 Å². The van der Waals surface area contributed by atoms with Gasteiger partial charge in [-0.05, 0) is 23.6 Å². The third kappa shape index (κ3) is 2.62. The molecule has 1 atom stereocenters. The monoisotopic (exact) mass is 240 g/mol. The highest BCUT2D eigenvalue weighted by atomic mass is 79.9. The van der Waals surface area contributed by atoms with Gasteiger partial charge in [0, 0.05) is 4.47 Å². The fourth-order valence-electron chi connectivity index (χ4n) is 1.30. The molecule has 0 radical (unpaired) electrons. The largest absolute Gasteiger partial charge is 0.209 e. The summed E-state index contributed by atoms with van der Waals surface area (Å²) in [6, 6.07) is 7.96. The highest BCUT2D eigenvalue weighted by Crippen LogP contribution is 2.27. The van der Waals surface area contributed by atoms with Gasteiger partial charge in [-0.2, -0.15) is 5.11 Å². The molecular formula is C10H13BrN2. The Morgan fingerprint density at radius 3 is 2.54 bits per heavy atom. The van der Waals surface area contributed by atoms with Crippen molar-refractivity contribution in [2.24, 2.45) is 11.0 Å². The van der Waals surface area contributed by atoms with E-state index in [1.165, 1.54) is 0 Å². The number of benzene rings is 1. The average Bonchev–Trinajstić information content (AvgIpc) is 2.04. The molecule has 1 N–H and O–H groups in total. The molecule has 0 spiro atoms. The molecule has 3 heteroatoms. The molecule has 1 unspecified atom stereocenters. The van der Waals surface area contributed by atoms with Gasteiger partial charge in [0.05, 0.1) is 6.04 Å². The molecule has 1 aromatic carbocycles. The van der Waals surface area contributed by atoms with Gasteiger partial charge in [-0.15, -0.1) is 0 Å². The molecule has 0 aromatic heterocycles. The minimum atomic E-state index is -0.0162. The van der Waals surface area contributed by atoms with Crippen molar-refractivity contribution in [3.8, 4) is 0 Å². The lowest BCUT2D eigenvalue weighted by atomic mass is 9.97. The topological polar surface area (TPSA) is 36.2 Å². The van der Waals surface area contributed by atoms with Gasteiger partial charge in [-0.3, -0.25) is 0 Å². The maximum absolute atomic E-state index is 7.11. The van der Waals surface area contributed by atoms with Crippen LogP contribution in [-0.4, -0.2) is 0 Å². The maximum Gasteiger partial charge on any atom is 0.0978 e. The number of nitrogens with one attached hydrogen (secondary N) is 1. The highest BCUT2D eigenvalue weighted by molar-refractivity contribution is 9.10. The van der Waals surface area contributed by atoms with Crippen molar-refractivity contribution in [1.29, 1.82) is 5.53 Å². The average molecular weight is 241 g/mol. The summed E-state index contributed by atoms with van der Waals surface area (Å²) in [6.07, 6.45) is 0. The quantitative estimate of drug-likeness (QED) is 0.771. The molecule has 1 rings (SSSR count). The molecule has 0 bridgehead atoms. The van der Waals surface area contributed by atoms with E-state index in [9.17, 15) is 0 Å². The van der Waals surface area contributed by atoms with Crippen LogP contribution in [0.4, 0.5) is 0 Å². The van der Waals surface area contributed by atoms with Gasteiger partial charge < -0.3 is 0 Å². The van der Waals surface area contributed by atoms with E-state index in [1.807, 2.05) is 24.3 Å². The Morgan fingerprint density at radius 2 is 2.08 bits per heavy atom. The predicted octanol–water partition coefficient (Wildman–Crippen LogP) is 4.18. The number of nitrogens with zero attached hydrogens (tertiary/aromatic N) is 1. The second-order valence-electron chi connectivity index (χ2n) is 3.37. The molecule has 0 saturated heterocycles. The molecule has 0 aliphatic carbocycles. The molecule has 0 saturated carbocycles. The summed E-state index contributed by atoms with van der Waals surface area (Å²) in [5.74, 6) is 0.367. The Morgan fingerprint density at radius 1 is 1.38 bits per heavy atom. The summed E-state index contributed by atoms with van der Waals surface area (Å²) >= 11 is 3.41. The second kappa shape index (κ2) is 4.51. The van der Waals surface area contributed by atoms with Crippen LogP contribution < -0.4 is 0 Å². The molecule has 1 aromatic rings. The minimum absolute atomic E-state index is 0.0162. The van der Waals surface area contributed by atoms with E-state index in [4.69, 9.17) is 5.53 Å². The van der Waals surface area contributed by atoms with Gasteiger partial charge in [0.15, 0.2) is 0 Å². The van der Waals surface area contributed by atoms with Crippen molar-refractivity contribution < 1.29 is 0 Å². The maximum atomic E-state index is 7.11. The van der Waals surface area contributed by atoms with Gasteiger partial charge in [-0.25, -0.2) is 5.53 Å². The summed E-state index contributed by atoms with van der Waals surface area (Å²) in [4.78, 5) is 0. The summed E-state index contributed by atoms with van der Waals surface area (Å²) in [5.41, 5.74) is 8.20. The lowest BCUT2D eigenvalue weighted by Crippen LogP contribution is -2.02. The molecule has 13 heavy (non-hydrogen) atoms. The first kappa shape index (κ1) is 10.4. The fourth-order valence-corrected chi connectivity index (χ4v) is 1.72. The van der Waals surface area contributed by atoms with Crippen molar-refractivity contribution in [2.75, 3.05) is 0 Å². The summed E-state index contributed by atoms with van der Waals surface area (Å²) < 4.78 is 1.04. The predicted molar refractivity (Wildman–Crippen MR) is 56.9 cm³/mol. The Bertz CT molecular complexity index is 297. The zero-order valence-electron chi connectivity index (χ0n) is 7.79. The molecule has 0 aliphatic heterocycles. The molecule has 70 valence electrons. The second-order valence-corrected chi connectivity index (χ2v) is 4.29. The summed E-state index contributed by atoms with van der Waals surface area (Å²) in [7, 11) is 0. The van der Waals surface area contributed by atoms with Gasteiger partial charge in [0.25, 0.3) is 0 Å². The molecule has 0 amide bonds. The lowest BCUT2D eigenvalue weighted by molar-refractivity contribution is 0.488. The van der Waals surface area contributed by atoms with Crippen LogP contribution in [0.15, 0.2) is 33.9 Å². The van der Waals surface area contributed by atoms with Gasteiger partial charge in [0.2, 0.25) is 0 Å². The van der Waals surface area contributed by atoms with Crippen molar-refractivity contribution in [3.63, 3.8) is 0 Å². The summed E-state index contributed by atoms with van der Waals surface area (Å²) in [5, 5.41) is 3.63. The number of rotatable bonds is 3. The lowest BCUT2D eigenvalue weighted by Gasteiger charge is -2.14. The standard InChI is InChI=1S/C10H13BrN2/c1-7(2)10(13-12)8-4-3-5-9(11)6-8/h3-7,10,12H,1-2H3. The van der Waals surface area contributed by atoms with E-state index >= 15 is 0 Å². The van der Waals surface area contributed by atoms with Crippen LogP contribution >= 0.6 is 15.9 Å². The molecular weight excluding hydrogens is 228 g/mol. The van der Waals surface area contributed by atoms with Gasteiger partial charge in [0.1, 0.15) is 0 Å².